The number of nitro benzene ring substituents is 1. The summed E-state index contributed by atoms with van der Waals surface area (Å²) in [6.07, 6.45) is 0. The molecule has 0 radical (unpaired) electrons. The van der Waals surface area contributed by atoms with E-state index >= 15 is 0 Å². The smallest absolute Gasteiger partial charge is 0.269 e. The van der Waals surface area contributed by atoms with Crippen LogP contribution in [-0.2, 0) is 6.54 Å². The first kappa shape index (κ1) is 13.3. The standard InChI is InChI=1S/C13H11ClN2O3/c1-9-3-2-4-13(17)15(9)8-10-7-11(16(18)19)5-6-12(10)14/h2-7H,8H2,1H3. The van der Waals surface area contributed by atoms with E-state index in [-0.39, 0.29) is 17.8 Å². The number of hydrogen-bond donors (Lipinski definition) is 0. The van der Waals surface area contributed by atoms with Gasteiger partial charge in [-0.3, -0.25) is 14.9 Å². The summed E-state index contributed by atoms with van der Waals surface area (Å²) < 4.78 is 1.52. The molecule has 19 heavy (non-hydrogen) atoms. The summed E-state index contributed by atoms with van der Waals surface area (Å²) in [6.45, 7) is 2.01. The molecule has 2 aromatic rings. The number of aromatic nitrogens is 1. The SMILES string of the molecule is Cc1cccc(=O)n1Cc1cc([N+](=O)[O-])ccc1Cl. The predicted molar refractivity (Wildman–Crippen MR) is 72.6 cm³/mol. The maximum Gasteiger partial charge on any atom is 0.269 e. The molecule has 6 heteroatoms. The van der Waals surface area contributed by atoms with Gasteiger partial charge in [-0.2, -0.15) is 0 Å². The lowest BCUT2D eigenvalue weighted by Gasteiger charge is -2.10. The first-order valence-electron chi connectivity index (χ1n) is 5.58. The summed E-state index contributed by atoms with van der Waals surface area (Å²) in [7, 11) is 0. The van der Waals surface area contributed by atoms with Crippen molar-refractivity contribution in [3.05, 3.63) is 73.1 Å². The molecular weight excluding hydrogens is 268 g/mol. The van der Waals surface area contributed by atoms with Crippen LogP contribution < -0.4 is 5.56 Å². The summed E-state index contributed by atoms with van der Waals surface area (Å²) in [5.41, 5.74) is 1.12. The van der Waals surface area contributed by atoms with Gasteiger partial charge in [0.25, 0.3) is 11.2 Å². The normalized spacial score (nSPS) is 10.4. The molecule has 0 bridgehead atoms. The maximum atomic E-state index is 11.8. The molecule has 0 spiro atoms. The van der Waals surface area contributed by atoms with E-state index in [1.807, 2.05) is 0 Å². The molecule has 0 saturated carbocycles. The van der Waals surface area contributed by atoms with Gasteiger partial charge in [-0.25, -0.2) is 0 Å². The van der Waals surface area contributed by atoms with Crippen molar-refractivity contribution in [1.29, 1.82) is 0 Å². The molecular formula is C13H11ClN2O3. The van der Waals surface area contributed by atoms with Crippen LogP contribution in [0.3, 0.4) is 0 Å². The van der Waals surface area contributed by atoms with E-state index in [9.17, 15) is 14.9 Å². The van der Waals surface area contributed by atoms with E-state index < -0.39 is 4.92 Å². The van der Waals surface area contributed by atoms with Gasteiger partial charge in [0.15, 0.2) is 0 Å². The largest absolute Gasteiger partial charge is 0.308 e. The Morgan fingerprint density at radius 1 is 1.32 bits per heavy atom. The average Bonchev–Trinajstić information content (AvgIpc) is 2.35. The van der Waals surface area contributed by atoms with Gasteiger partial charge < -0.3 is 4.57 Å². The summed E-state index contributed by atoms with van der Waals surface area (Å²) in [5.74, 6) is 0. The van der Waals surface area contributed by atoms with E-state index in [4.69, 9.17) is 11.6 Å². The summed E-state index contributed by atoms with van der Waals surface area (Å²) in [6, 6.07) is 9.11. The molecule has 0 N–H and O–H groups in total. The van der Waals surface area contributed by atoms with Crippen molar-refractivity contribution < 1.29 is 4.92 Å². The third-order valence-corrected chi connectivity index (χ3v) is 3.21. The van der Waals surface area contributed by atoms with Crippen LogP contribution in [-0.4, -0.2) is 9.49 Å². The highest BCUT2D eigenvalue weighted by molar-refractivity contribution is 6.31. The number of rotatable bonds is 3. The molecule has 0 aliphatic carbocycles. The zero-order valence-electron chi connectivity index (χ0n) is 10.2. The van der Waals surface area contributed by atoms with Crippen LogP contribution in [0.15, 0.2) is 41.2 Å². The van der Waals surface area contributed by atoms with E-state index in [1.54, 1.807) is 19.1 Å². The summed E-state index contributed by atoms with van der Waals surface area (Å²) in [4.78, 5) is 22.0. The van der Waals surface area contributed by atoms with Crippen LogP contribution >= 0.6 is 11.6 Å². The lowest BCUT2D eigenvalue weighted by molar-refractivity contribution is -0.384. The zero-order chi connectivity index (χ0) is 14.0. The number of nitro groups is 1. The minimum absolute atomic E-state index is 0.0407. The Morgan fingerprint density at radius 3 is 2.68 bits per heavy atom. The third kappa shape index (κ3) is 2.82. The van der Waals surface area contributed by atoms with Gasteiger partial charge >= 0.3 is 0 Å². The number of hydrogen-bond acceptors (Lipinski definition) is 3. The number of non-ortho nitro benzene ring substituents is 1. The molecule has 0 aliphatic heterocycles. The van der Waals surface area contributed by atoms with E-state index in [0.29, 0.717) is 10.6 Å². The van der Waals surface area contributed by atoms with Gasteiger partial charge in [0, 0.05) is 28.9 Å². The highest BCUT2D eigenvalue weighted by Crippen LogP contribution is 2.22. The van der Waals surface area contributed by atoms with Crippen LogP contribution in [0.2, 0.25) is 5.02 Å². The lowest BCUT2D eigenvalue weighted by atomic mass is 10.2. The topological polar surface area (TPSA) is 65.1 Å². The van der Waals surface area contributed by atoms with Crippen LogP contribution in [0.1, 0.15) is 11.3 Å². The van der Waals surface area contributed by atoms with E-state index in [0.717, 1.165) is 5.69 Å². The Bertz CT molecular complexity index is 695. The number of benzene rings is 1. The fourth-order valence-corrected chi connectivity index (χ4v) is 1.97. The molecule has 1 aromatic carbocycles. The molecule has 0 fully saturated rings. The first-order valence-corrected chi connectivity index (χ1v) is 5.96. The molecule has 1 heterocycles. The van der Waals surface area contributed by atoms with E-state index in [1.165, 1.54) is 28.8 Å². The van der Waals surface area contributed by atoms with Crippen LogP contribution in [0, 0.1) is 17.0 Å². The van der Waals surface area contributed by atoms with Crippen molar-refractivity contribution in [3.63, 3.8) is 0 Å². The molecule has 0 amide bonds. The zero-order valence-corrected chi connectivity index (χ0v) is 10.9. The Labute approximate surface area is 114 Å². The number of aryl methyl sites for hydroxylation is 1. The second-order valence-corrected chi connectivity index (χ2v) is 4.53. The van der Waals surface area contributed by atoms with E-state index in [2.05, 4.69) is 0 Å². The highest BCUT2D eigenvalue weighted by Gasteiger charge is 2.11. The van der Waals surface area contributed by atoms with Crippen molar-refractivity contribution in [3.8, 4) is 0 Å². The number of nitrogens with zero attached hydrogens (tertiary/aromatic N) is 2. The molecule has 0 saturated heterocycles. The average molecular weight is 279 g/mol. The van der Waals surface area contributed by atoms with Crippen molar-refractivity contribution in [2.24, 2.45) is 0 Å². The molecule has 2 rings (SSSR count). The summed E-state index contributed by atoms with van der Waals surface area (Å²) in [5, 5.41) is 11.1. The fraction of sp³-hybridized carbons (Fsp3) is 0.154. The van der Waals surface area contributed by atoms with Crippen molar-refractivity contribution in [2.75, 3.05) is 0 Å². The lowest BCUT2D eigenvalue weighted by Crippen LogP contribution is -2.21. The monoisotopic (exact) mass is 278 g/mol. The van der Waals surface area contributed by atoms with Gasteiger partial charge in [0.05, 0.1) is 11.5 Å². The minimum atomic E-state index is -0.486. The Hall–Kier alpha value is -2.14. The molecule has 0 unspecified atom stereocenters. The molecule has 0 atom stereocenters. The minimum Gasteiger partial charge on any atom is -0.308 e. The predicted octanol–water partition coefficient (Wildman–Crippen LogP) is 2.77. The Kier molecular flexibility index (Phi) is 3.66. The first-order chi connectivity index (χ1) is 8.99. The van der Waals surface area contributed by atoms with Gasteiger partial charge in [-0.15, -0.1) is 0 Å². The molecule has 1 aromatic heterocycles. The van der Waals surface area contributed by atoms with Gasteiger partial charge in [0.2, 0.25) is 0 Å². The third-order valence-electron chi connectivity index (χ3n) is 2.84. The number of halogens is 1. The Balaban J connectivity index is 2.46. The highest BCUT2D eigenvalue weighted by atomic mass is 35.5. The van der Waals surface area contributed by atoms with Crippen molar-refractivity contribution in [2.45, 2.75) is 13.5 Å². The van der Waals surface area contributed by atoms with Gasteiger partial charge in [0.1, 0.15) is 0 Å². The molecule has 98 valence electrons. The summed E-state index contributed by atoms with van der Waals surface area (Å²) >= 11 is 6.02. The van der Waals surface area contributed by atoms with Gasteiger partial charge in [-0.05, 0) is 24.6 Å². The quantitative estimate of drug-likeness (QED) is 0.640. The van der Waals surface area contributed by atoms with Crippen molar-refractivity contribution >= 4 is 17.3 Å². The van der Waals surface area contributed by atoms with Crippen LogP contribution in [0.25, 0.3) is 0 Å². The Morgan fingerprint density at radius 2 is 2.05 bits per heavy atom. The van der Waals surface area contributed by atoms with Gasteiger partial charge in [-0.1, -0.05) is 17.7 Å². The molecule has 5 nitrogen and oxygen atoms in total. The van der Waals surface area contributed by atoms with Crippen molar-refractivity contribution in [1.82, 2.24) is 4.57 Å². The molecule has 0 aliphatic rings. The van der Waals surface area contributed by atoms with Crippen LogP contribution in [0.4, 0.5) is 5.69 Å². The maximum absolute atomic E-state index is 11.8. The van der Waals surface area contributed by atoms with Crippen LogP contribution in [0.5, 0.6) is 0 Å². The number of pyridine rings is 1. The fourth-order valence-electron chi connectivity index (χ4n) is 1.79. The second-order valence-electron chi connectivity index (χ2n) is 4.12. The second kappa shape index (κ2) is 5.24.